The van der Waals surface area contributed by atoms with E-state index in [1.807, 2.05) is 18.2 Å². The number of non-ortho nitro benzene ring substituents is 1. The molecule has 156 valence electrons. The number of ether oxygens (including phenoxy) is 1. The first-order valence-electron chi connectivity index (χ1n) is 9.59. The molecule has 2 aromatic rings. The number of carbonyl (C=O) groups excluding carboxylic acids is 2. The summed E-state index contributed by atoms with van der Waals surface area (Å²) in [6, 6.07) is 13.6. The zero-order chi connectivity index (χ0) is 21.3. The molecule has 0 radical (unpaired) electrons. The Morgan fingerprint density at radius 2 is 2.00 bits per heavy atom. The lowest BCUT2D eigenvalue weighted by Crippen LogP contribution is -2.37. The summed E-state index contributed by atoms with van der Waals surface area (Å²) < 4.78 is 5.23. The van der Waals surface area contributed by atoms with Gasteiger partial charge in [0.25, 0.3) is 5.69 Å². The van der Waals surface area contributed by atoms with Crippen LogP contribution in [0.4, 0.5) is 11.4 Å². The van der Waals surface area contributed by atoms with E-state index in [2.05, 4.69) is 0 Å². The number of nitrogens with zero attached hydrogens (tertiary/aromatic N) is 3. The number of hydrogen-bond donors (Lipinski definition) is 0. The van der Waals surface area contributed by atoms with Crippen LogP contribution in [0.25, 0.3) is 0 Å². The number of thioether (sulfide) groups is 1. The first-order valence-corrected chi connectivity index (χ1v) is 10.6. The molecule has 2 aliphatic rings. The van der Waals surface area contributed by atoms with E-state index in [-0.39, 0.29) is 29.3 Å². The number of methoxy groups -OCH3 is 1. The van der Waals surface area contributed by atoms with Gasteiger partial charge in [0.05, 0.1) is 18.0 Å². The number of nitro groups is 1. The Bertz CT molecular complexity index is 981. The molecule has 30 heavy (non-hydrogen) atoms. The summed E-state index contributed by atoms with van der Waals surface area (Å²) in [6.07, 6.45) is 0.171. The lowest BCUT2D eigenvalue weighted by Gasteiger charge is -2.26. The van der Waals surface area contributed by atoms with Crippen molar-refractivity contribution in [2.24, 2.45) is 5.92 Å². The second-order valence-electron chi connectivity index (χ2n) is 7.21. The maximum absolute atomic E-state index is 13.3. The second-order valence-corrected chi connectivity index (χ2v) is 8.40. The van der Waals surface area contributed by atoms with E-state index in [9.17, 15) is 19.7 Å². The van der Waals surface area contributed by atoms with E-state index in [1.54, 1.807) is 46.9 Å². The predicted molar refractivity (Wildman–Crippen MR) is 113 cm³/mol. The molecule has 0 aliphatic carbocycles. The zero-order valence-corrected chi connectivity index (χ0v) is 17.2. The summed E-state index contributed by atoms with van der Waals surface area (Å²) in [5, 5.41) is 10.7. The molecule has 2 amide bonds. The van der Waals surface area contributed by atoms with Crippen molar-refractivity contribution in [3.63, 3.8) is 0 Å². The fourth-order valence-corrected chi connectivity index (χ4v) is 5.13. The highest BCUT2D eigenvalue weighted by atomic mass is 32.2. The Morgan fingerprint density at radius 1 is 1.23 bits per heavy atom. The van der Waals surface area contributed by atoms with Crippen molar-refractivity contribution in [2.75, 3.05) is 30.9 Å². The van der Waals surface area contributed by atoms with Crippen LogP contribution in [-0.4, -0.2) is 47.6 Å². The fourth-order valence-electron chi connectivity index (χ4n) is 3.87. The standard InChI is InChI=1S/C21H21N3O5S/c1-29-18-4-2-3-17(12-18)23-13-15(11-19(23)25)20(26)22-9-10-30-21(22)14-5-7-16(8-6-14)24(27)28/h2-8,12,15,21H,9-11,13H2,1H3. The highest BCUT2D eigenvalue weighted by Crippen LogP contribution is 2.40. The summed E-state index contributed by atoms with van der Waals surface area (Å²) >= 11 is 1.63. The van der Waals surface area contributed by atoms with Gasteiger partial charge in [-0.2, -0.15) is 0 Å². The summed E-state index contributed by atoms with van der Waals surface area (Å²) in [4.78, 5) is 39.7. The number of rotatable bonds is 5. The Kier molecular flexibility index (Phi) is 5.63. The van der Waals surface area contributed by atoms with Gasteiger partial charge >= 0.3 is 0 Å². The maximum Gasteiger partial charge on any atom is 0.269 e. The molecule has 0 aromatic heterocycles. The van der Waals surface area contributed by atoms with Gasteiger partial charge in [-0.1, -0.05) is 6.07 Å². The van der Waals surface area contributed by atoms with Crippen LogP contribution in [0.5, 0.6) is 5.75 Å². The molecular formula is C21H21N3O5S. The molecule has 2 aromatic carbocycles. The molecule has 2 aliphatic heterocycles. The van der Waals surface area contributed by atoms with Gasteiger partial charge in [-0.25, -0.2) is 0 Å². The van der Waals surface area contributed by atoms with Crippen molar-refractivity contribution in [1.29, 1.82) is 0 Å². The molecule has 0 bridgehead atoms. The van der Waals surface area contributed by atoms with Crippen molar-refractivity contribution >= 4 is 35.0 Å². The van der Waals surface area contributed by atoms with Crippen molar-refractivity contribution in [2.45, 2.75) is 11.8 Å². The average molecular weight is 427 g/mol. The summed E-state index contributed by atoms with van der Waals surface area (Å²) in [6.45, 7) is 0.925. The SMILES string of the molecule is COc1cccc(N2CC(C(=O)N3CCSC3c3ccc([N+](=O)[O-])cc3)CC2=O)c1. The predicted octanol–water partition coefficient (Wildman–Crippen LogP) is 3.23. The third-order valence-corrected chi connectivity index (χ3v) is 6.66. The normalized spacial score (nSPS) is 21.2. The molecular weight excluding hydrogens is 406 g/mol. The largest absolute Gasteiger partial charge is 0.497 e. The van der Waals surface area contributed by atoms with Gasteiger partial charge in [0.15, 0.2) is 0 Å². The molecule has 0 spiro atoms. The number of nitro benzene ring substituents is 1. The van der Waals surface area contributed by atoms with Crippen LogP contribution in [-0.2, 0) is 9.59 Å². The van der Waals surface area contributed by atoms with E-state index in [0.29, 0.717) is 18.8 Å². The molecule has 4 rings (SSSR count). The highest BCUT2D eigenvalue weighted by molar-refractivity contribution is 7.99. The van der Waals surface area contributed by atoms with Gasteiger partial charge in [-0.15, -0.1) is 11.8 Å². The topological polar surface area (TPSA) is 93.0 Å². The van der Waals surface area contributed by atoms with E-state index < -0.39 is 10.8 Å². The Labute approximate surface area is 177 Å². The Hall–Kier alpha value is -3.07. The molecule has 8 nitrogen and oxygen atoms in total. The average Bonchev–Trinajstić information content (AvgIpc) is 3.40. The van der Waals surface area contributed by atoms with Crippen molar-refractivity contribution in [3.05, 3.63) is 64.2 Å². The van der Waals surface area contributed by atoms with Gasteiger partial charge in [0, 0.05) is 49.1 Å². The molecule has 2 unspecified atom stereocenters. The molecule has 0 N–H and O–H groups in total. The van der Waals surface area contributed by atoms with Crippen molar-refractivity contribution < 1.29 is 19.2 Å². The minimum absolute atomic E-state index is 0.0231. The van der Waals surface area contributed by atoms with Crippen molar-refractivity contribution in [1.82, 2.24) is 4.90 Å². The number of amides is 2. The molecule has 0 saturated carbocycles. The maximum atomic E-state index is 13.3. The van der Waals surface area contributed by atoms with Crippen LogP contribution in [0.15, 0.2) is 48.5 Å². The first kappa shape index (κ1) is 20.2. The van der Waals surface area contributed by atoms with Crippen LogP contribution in [0.2, 0.25) is 0 Å². The van der Waals surface area contributed by atoms with Crippen LogP contribution >= 0.6 is 11.8 Å². The van der Waals surface area contributed by atoms with Crippen LogP contribution in [0, 0.1) is 16.0 Å². The van der Waals surface area contributed by atoms with Crippen LogP contribution in [0.3, 0.4) is 0 Å². The molecule has 2 atom stereocenters. The first-order chi connectivity index (χ1) is 14.5. The number of hydrogen-bond acceptors (Lipinski definition) is 6. The van der Waals surface area contributed by atoms with E-state index in [1.165, 1.54) is 12.1 Å². The number of anilines is 1. The van der Waals surface area contributed by atoms with E-state index in [4.69, 9.17) is 4.74 Å². The summed E-state index contributed by atoms with van der Waals surface area (Å²) in [7, 11) is 1.57. The Morgan fingerprint density at radius 3 is 2.70 bits per heavy atom. The Balaban J connectivity index is 1.49. The van der Waals surface area contributed by atoms with Crippen molar-refractivity contribution in [3.8, 4) is 5.75 Å². The summed E-state index contributed by atoms with van der Waals surface area (Å²) in [5.74, 6) is 0.892. The van der Waals surface area contributed by atoms with Crippen LogP contribution in [0.1, 0.15) is 17.4 Å². The lowest BCUT2D eigenvalue weighted by molar-refractivity contribution is -0.384. The van der Waals surface area contributed by atoms with Crippen LogP contribution < -0.4 is 9.64 Å². The summed E-state index contributed by atoms with van der Waals surface area (Å²) in [5.41, 5.74) is 1.60. The van der Waals surface area contributed by atoms with E-state index >= 15 is 0 Å². The minimum Gasteiger partial charge on any atom is -0.497 e. The molecule has 9 heteroatoms. The van der Waals surface area contributed by atoms with E-state index in [0.717, 1.165) is 17.0 Å². The third kappa shape index (κ3) is 3.85. The minimum atomic E-state index is -0.439. The van der Waals surface area contributed by atoms with Gasteiger partial charge in [-0.05, 0) is 29.8 Å². The van der Waals surface area contributed by atoms with Gasteiger partial charge in [0.2, 0.25) is 11.8 Å². The molecule has 2 heterocycles. The number of benzene rings is 2. The molecule has 2 saturated heterocycles. The fraction of sp³-hybridized carbons (Fsp3) is 0.333. The van der Waals surface area contributed by atoms with Gasteiger partial charge in [-0.3, -0.25) is 19.7 Å². The zero-order valence-electron chi connectivity index (χ0n) is 16.4. The lowest BCUT2D eigenvalue weighted by atomic mass is 10.1. The quantitative estimate of drug-likeness (QED) is 0.537. The smallest absolute Gasteiger partial charge is 0.269 e. The number of carbonyl (C=O) groups is 2. The monoisotopic (exact) mass is 427 g/mol. The highest BCUT2D eigenvalue weighted by Gasteiger charge is 2.41. The molecule has 2 fully saturated rings. The van der Waals surface area contributed by atoms with Gasteiger partial charge < -0.3 is 14.5 Å². The van der Waals surface area contributed by atoms with Gasteiger partial charge in [0.1, 0.15) is 11.1 Å². The third-order valence-electron chi connectivity index (χ3n) is 5.40. The second kappa shape index (κ2) is 8.35.